The molecule has 1 heterocycles. The predicted octanol–water partition coefficient (Wildman–Crippen LogP) is 5.38. The Bertz CT molecular complexity index is 683. The van der Waals surface area contributed by atoms with Gasteiger partial charge in [-0.3, -0.25) is 4.79 Å². The Morgan fingerprint density at radius 3 is 2.48 bits per heavy atom. The molecule has 1 amide bonds. The van der Waals surface area contributed by atoms with Gasteiger partial charge < -0.3 is 9.64 Å². The Labute approximate surface area is 165 Å². The van der Waals surface area contributed by atoms with E-state index in [2.05, 4.69) is 45.9 Å². The molecule has 148 valence electrons. The fourth-order valence-corrected chi connectivity index (χ4v) is 3.75. The van der Waals surface area contributed by atoms with Crippen LogP contribution in [-0.4, -0.2) is 37.1 Å². The van der Waals surface area contributed by atoms with Gasteiger partial charge in [0.1, 0.15) is 0 Å². The maximum atomic E-state index is 12.2. The van der Waals surface area contributed by atoms with Gasteiger partial charge in [0.15, 0.2) is 0 Å². The Hall–Kier alpha value is -1.87. The van der Waals surface area contributed by atoms with Crippen LogP contribution in [-0.2, 0) is 9.53 Å². The molecular weight excluding hydrogens is 334 g/mol. The molecule has 0 atom stereocenters. The van der Waals surface area contributed by atoms with Crippen LogP contribution >= 0.6 is 0 Å². The molecule has 0 saturated carbocycles. The van der Waals surface area contributed by atoms with E-state index in [1.165, 1.54) is 36.0 Å². The summed E-state index contributed by atoms with van der Waals surface area (Å²) in [7, 11) is 0. The van der Waals surface area contributed by atoms with Crippen molar-refractivity contribution >= 4 is 5.91 Å². The van der Waals surface area contributed by atoms with Gasteiger partial charge in [-0.25, -0.2) is 0 Å². The van der Waals surface area contributed by atoms with Crippen molar-refractivity contribution in [1.29, 1.82) is 0 Å². The fourth-order valence-electron chi connectivity index (χ4n) is 3.75. The highest BCUT2D eigenvalue weighted by Gasteiger charge is 2.26. The van der Waals surface area contributed by atoms with Crippen molar-refractivity contribution in [2.75, 3.05) is 26.3 Å². The van der Waals surface area contributed by atoms with Gasteiger partial charge in [-0.15, -0.1) is 0 Å². The number of allylic oxidation sites excluding steroid dienone is 9. The molecule has 0 aromatic carbocycles. The summed E-state index contributed by atoms with van der Waals surface area (Å²) in [6.45, 7) is 13.7. The number of carbonyl (C=O) groups excluding carboxylic acids is 1. The number of hydrogen-bond acceptors (Lipinski definition) is 2. The summed E-state index contributed by atoms with van der Waals surface area (Å²) in [4.78, 5) is 14.0. The van der Waals surface area contributed by atoms with Gasteiger partial charge in [0.05, 0.1) is 13.2 Å². The standard InChI is InChI=1S/C24H35NO2/c1-19(11-12-22-21(3)10-7-13-24(22,4)5)8-6-9-20(2)18-23(26)25-14-16-27-17-15-25/h6,8-9,11-12,18H,7,10,13-17H2,1-5H3. The van der Waals surface area contributed by atoms with Crippen molar-refractivity contribution in [3.05, 3.63) is 58.7 Å². The van der Waals surface area contributed by atoms with Crippen LogP contribution in [0, 0.1) is 5.41 Å². The summed E-state index contributed by atoms with van der Waals surface area (Å²) in [5, 5.41) is 0. The van der Waals surface area contributed by atoms with Gasteiger partial charge in [-0.1, -0.05) is 55.4 Å². The van der Waals surface area contributed by atoms with Gasteiger partial charge in [-0.2, -0.15) is 0 Å². The lowest BCUT2D eigenvalue weighted by Gasteiger charge is -2.32. The molecule has 1 aliphatic carbocycles. The molecular formula is C24H35NO2. The normalized spacial score (nSPS) is 22.2. The Kier molecular flexibility index (Phi) is 7.85. The molecule has 1 saturated heterocycles. The number of rotatable bonds is 5. The first kappa shape index (κ1) is 21.4. The Balaban J connectivity index is 1.95. The summed E-state index contributed by atoms with van der Waals surface area (Å²) in [5.74, 6) is 0.0722. The molecule has 0 aromatic heterocycles. The van der Waals surface area contributed by atoms with Gasteiger partial charge in [-0.05, 0) is 56.6 Å². The summed E-state index contributed by atoms with van der Waals surface area (Å²) in [5.41, 5.74) is 5.45. The molecule has 3 nitrogen and oxygen atoms in total. The monoisotopic (exact) mass is 369 g/mol. The van der Waals surface area contributed by atoms with E-state index in [4.69, 9.17) is 4.74 Å². The molecule has 1 aliphatic heterocycles. The molecule has 3 heteroatoms. The Morgan fingerprint density at radius 2 is 1.81 bits per heavy atom. The highest BCUT2D eigenvalue weighted by atomic mass is 16.5. The lowest BCUT2D eigenvalue weighted by Crippen LogP contribution is -2.39. The van der Waals surface area contributed by atoms with Crippen molar-refractivity contribution in [1.82, 2.24) is 4.90 Å². The lowest BCUT2D eigenvalue weighted by atomic mass is 9.72. The smallest absolute Gasteiger partial charge is 0.246 e. The van der Waals surface area contributed by atoms with Crippen molar-refractivity contribution in [3.8, 4) is 0 Å². The number of morpholine rings is 1. The van der Waals surface area contributed by atoms with Crippen molar-refractivity contribution in [2.45, 2.75) is 53.9 Å². The minimum atomic E-state index is 0.0722. The number of carbonyl (C=O) groups is 1. The van der Waals surface area contributed by atoms with Crippen LogP contribution in [0.5, 0.6) is 0 Å². The van der Waals surface area contributed by atoms with Crippen LogP contribution in [0.1, 0.15) is 53.9 Å². The molecule has 0 N–H and O–H groups in total. The van der Waals surface area contributed by atoms with Crippen LogP contribution in [0.4, 0.5) is 0 Å². The third-order valence-corrected chi connectivity index (χ3v) is 5.45. The van der Waals surface area contributed by atoms with E-state index < -0.39 is 0 Å². The van der Waals surface area contributed by atoms with Crippen molar-refractivity contribution < 1.29 is 9.53 Å². The lowest BCUT2D eigenvalue weighted by molar-refractivity contribution is -0.130. The van der Waals surface area contributed by atoms with E-state index in [1.807, 2.05) is 24.0 Å². The molecule has 2 rings (SSSR count). The van der Waals surface area contributed by atoms with Gasteiger partial charge >= 0.3 is 0 Å². The van der Waals surface area contributed by atoms with Gasteiger partial charge in [0.25, 0.3) is 0 Å². The molecule has 0 spiro atoms. The fraction of sp³-hybridized carbons (Fsp3) is 0.542. The first-order chi connectivity index (χ1) is 12.8. The molecule has 2 aliphatic rings. The summed E-state index contributed by atoms with van der Waals surface area (Å²) < 4.78 is 5.29. The molecule has 0 aromatic rings. The zero-order valence-corrected chi connectivity index (χ0v) is 17.7. The van der Waals surface area contributed by atoms with E-state index in [9.17, 15) is 4.79 Å². The van der Waals surface area contributed by atoms with Crippen LogP contribution in [0.2, 0.25) is 0 Å². The van der Waals surface area contributed by atoms with E-state index in [-0.39, 0.29) is 11.3 Å². The maximum absolute atomic E-state index is 12.2. The van der Waals surface area contributed by atoms with Gasteiger partial charge in [0.2, 0.25) is 5.91 Å². The number of ether oxygens (including phenoxy) is 1. The zero-order valence-electron chi connectivity index (χ0n) is 17.7. The third kappa shape index (κ3) is 6.66. The first-order valence-electron chi connectivity index (χ1n) is 10.1. The van der Waals surface area contributed by atoms with E-state index in [1.54, 1.807) is 6.08 Å². The SMILES string of the molecule is CC(C=CC1=C(C)CCCC1(C)C)=CC=CC(C)=CC(=O)N1CCOCC1. The second-order valence-corrected chi connectivity index (χ2v) is 8.36. The largest absolute Gasteiger partial charge is 0.378 e. The summed E-state index contributed by atoms with van der Waals surface area (Å²) >= 11 is 0. The number of nitrogens with zero attached hydrogens (tertiary/aromatic N) is 1. The van der Waals surface area contributed by atoms with Crippen molar-refractivity contribution in [2.24, 2.45) is 5.41 Å². The highest BCUT2D eigenvalue weighted by molar-refractivity contribution is 5.88. The van der Waals surface area contributed by atoms with E-state index >= 15 is 0 Å². The quantitative estimate of drug-likeness (QED) is 0.481. The van der Waals surface area contributed by atoms with Crippen LogP contribution in [0.3, 0.4) is 0 Å². The second-order valence-electron chi connectivity index (χ2n) is 8.36. The van der Waals surface area contributed by atoms with Crippen molar-refractivity contribution in [3.63, 3.8) is 0 Å². The molecule has 0 unspecified atom stereocenters. The average molecular weight is 370 g/mol. The number of amides is 1. The Morgan fingerprint density at radius 1 is 1.11 bits per heavy atom. The summed E-state index contributed by atoms with van der Waals surface area (Å²) in [6.07, 6.45) is 16.1. The average Bonchev–Trinajstić information content (AvgIpc) is 2.61. The highest BCUT2D eigenvalue weighted by Crippen LogP contribution is 2.40. The van der Waals surface area contributed by atoms with Crippen LogP contribution < -0.4 is 0 Å². The predicted molar refractivity (Wildman–Crippen MR) is 114 cm³/mol. The van der Waals surface area contributed by atoms with Crippen LogP contribution in [0.25, 0.3) is 0 Å². The minimum absolute atomic E-state index is 0.0722. The summed E-state index contributed by atoms with van der Waals surface area (Å²) in [6, 6.07) is 0. The molecule has 27 heavy (non-hydrogen) atoms. The molecule has 1 fully saturated rings. The maximum Gasteiger partial charge on any atom is 0.246 e. The second kappa shape index (κ2) is 9.89. The van der Waals surface area contributed by atoms with E-state index in [0.717, 1.165) is 5.57 Å². The zero-order chi connectivity index (χ0) is 19.9. The first-order valence-corrected chi connectivity index (χ1v) is 10.1. The van der Waals surface area contributed by atoms with Gasteiger partial charge in [0, 0.05) is 19.2 Å². The number of hydrogen-bond donors (Lipinski definition) is 0. The van der Waals surface area contributed by atoms with E-state index in [0.29, 0.717) is 26.3 Å². The molecule has 0 radical (unpaired) electrons. The third-order valence-electron chi connectivity index (χ3n) is 5.45. The topological polar surface area (TPSA) is 29.5 Å². The minimum Gasteiger partial charge on any atom is -0.378 e. The van der Waals surface area contributed by atoms with Crippen LogP contribution in [0.15, 0.2) is 58.7 Å². The molecule has 0 bridgehead atoms.